The minimum atomic E-state index is -0.512. The molecule has 1 atom stereocenters. The molecule has 1 unspecified atom stereocenters. The molecule has 39 heavy (non-hydrogen) atoms. The summed E-state index contributed by atoms with van der Waals surface area (Å²) in [4.78, 5) is 27.9. The van der Waals surface area contributed by atoms with Gasteiger partial charge in [-0.05, 0) is 67.8 Å². The van der Waals surface area contributed by atoms with Crippen LogP contribution < -0.4 is 4.74 Å². The highest BCUT2D eigenvalue weighted by Gasteiger charge is 2.35. The third kappa shape index (κ3) is 5.15. The summed E-state index contributed by atoms with van der Waals surface area (Å²) >= 11 is 0. The van der Waals surface area contributed by atoms with Crippen LogP contribution in [0.4, 0.5) is 0 Å². The van der Waals surface area contributed by atoms with Gasteiger partial charge in [-0.2, -0.15) is 10.4 Å². The van der Waals surface area contributed by atoms with Gasteiger partial charge in [-0.3, -0.25) is 14.5 Å². The largest absolute Gasteiger partial charge is 0.490 e. The number of fused-ring (bicyclic) bond motifs is 1. The first-order chi connectivity index (χ1) is 18.9. The third-order valence-electron chi connectivity index (χ3n) is 7.29. The number of aromatic nitrogens is 2. The molecule has 0 radical (unpaired) electrons. The third-order valence-corrected chi connectivity index (χ3v) is 7.29. The smallest absolute Gasteiger partial charge is 0.271 e. The highest BCUT2D eigenvalue weighted by molar-refractivity contribution is 6.19. The van der Waals surface area contributed by atoms with Crippen molar-refractivity contribution in [3.05, 3.63) is 82.6 Å². The van der Waals surface area contributed by atoms with Crippen LogP contribution >= 0.6 is 0 Å². The Bertz CT molecular complexity index is 1520. The van der Waals surface area contributed by atoms with Crippen LogP contribution in [-0.2, 0) is 16.0 Å². The second-order valence-electron chi connectivity index (χ2n) is 10.2. The van der Waals surface area contributed by atoms with Crippen molar-refractivity contribution in [1.29, 1.82) is 5.26 Å². The van der Waals surface area contributed by atoms with Gasteiger partial charge in [0.25, 0.3) is 11.8 Å². The van der Waals surface area contributed by atoms with Crippen LogP contribution in [0, 0.1) is 11.3 Å². The maximum atomic E-state index is 13.6. The van der Waals surface area contributed by atoms with Gasteiger partial charge >= 0.3 is 0 Å². The molecule has 2 amide bonds. The number of amides is 2. The Hall–Kier alpha value is -4.44. The number of imide groups is 1. The highest BCUT2D eigenvalue weighted by Crippen LogP contribution is 2.35. The van der Waals surface area contributed by atoms with Gasteiger partial charge in [0.2, 0.25) is 0 Å². The number of unbranched alkanes of at least 4 members (excludes halogenated alkanes) is 3. The fraction of sp³-hybridized carbons (Fsp3) is 0.312. The van der Waals surface area contributed by atoms with Crippen LogP contribution in [0.25, 0.3) is 23.0 Å². The van der Waals surface area contributed by atoms with Crippen LogP contribution in [0.1, 0.15) is 57.6 Å². The Balaban J connectivity index is 1.61. The average molecular weight is 521 g/mol. The zero-order valence-electron chi connectivity index (χ0n) is 22.6. The van der Waals surface area contributed by atoms with Crippen molar-refractivity contribution < 1.29 is 14.3 Å². The predicted octanol–water partition coefficient (Wildman–Crippen LogP) is 6.04. The second kappa shape index (κ2) is 11.1. The van der Waals surface area contributed by atoms with E-state index in [0.717, 1.165) is 53.8 Å². The van der Waals surface area contributed by atoms with E-state index < -0.39 is 5.91 Å². The van der Waals surface area contributed by atoms with Crippen LogP contribution in [0.15, 0.2) is 71.4 Å². The molecule has 0 N–H and O–H groups in total. The maximum Gasteiger partial charge on any atom is 0.271 e. The van der Waals surface area contributed by atoms with E-state index in [1.54, 1.807) is 17.7 Å². The summed E-state index contributed by atoms with van der Waals surface area (Å²) in [6, 6.07) is 17.8. The van der Waals surface area contributed by atoms with E-state index >= 15 is 0 Å². The number of para-hydroxylation sites is 1. The van der Waals surface area contributed by atoms with Crippen LogP contribution in [-0.4, -0.2) is 39.1 Å². The van der Waals surface area contributed by atoms with Gasteiger partial charge in [-0.25, -0.2) is 4.68 Å². The van der Waals surface area contributed by atoms with Crippen molar-refractivity contribution in [2.75, 3.05) is 6.54 Å². The molecular formula is C32H32N4O3. The van der Waals surface area contributed by atoms with Gasteiger partial charge in [0.1, 0.15) is 23.5 Å². The maximum absolute atomic E-state index is 13.6. The topological polar surface area (TPSA) is 88.2 Å². The summed E-state index contributed by atoms with van der Waals surface area (Å²) in [6.07, 6.45) is 8.32. The lowest BCUT2D eigenvalue weighted by molar-refractivity contribution is -0.140. The molecule has 2 aromatic carbocycles. The van der Waals surface area contributed by atoms with Crippen molar-refractivity contribution in [2.24, 2.45) is 0 Å². The standard InChI is InChI=1S/C32H32N4O3/c1-4-5-6-10-15-35-31(37)27(22(3)28(19-33)32(35)38)18-25-20-36(26-11-8-7-9-12-26)34-30(25)23-13-14-29-24(17-23)16-21(2)39-29/h7-9,11-14,17-18,20-21H,4-6,10,15-16H2,1-3H3/b27-18+. The van der Waals surface area contributed by atoms with Gasteiger partial charge < -0.3 is 4.74 Å². The summed E-state index contributed by atoms with van der Waals surface area (Å²) in [6.45, 7) is 6.13. The first-order valence-electron chi connectivity index (χ1n) is 13.6. The minimum Gasteiger partial charge on any atom is -0.490 e. The number of nitriles is 1. The SMILES string of the molecule is CCCCCCN1C(=O)C(C#N)=C(C)/C(=C\c2cn(-c3ccccc3)nc2-c2ccc3c(c2)CC(C)O3)C1=O. The van der Waals surface area contributed by atoms with Gasteiger partial charge in [-0.15, -0.1) is 0 Å². The summed E-state index contributed by atoms with van der Waals surface area (Å²) < 4.78 is 7.68. The van der Waals surface area contributed by atoms with E-state index in [1.807, 2.05) is 61.7 Å². The molecule has 0 bridgehead atoms. The molecule has 198 valence electrons. The number of ether oxygens (including phenoxy) is 1. The molecule has 3 aromatic rings. The van der Waals surface area contributed by atoms with Crippen molar-refractivity contribution in [1.82, 2.24) is 14.7 Å². The summed E-state index contributed by atoms with van der Waals surface area (Å²) in [7, 11) is 0. The van der Waals surface area contributed by atoms with E-state index in [9.17, 15) is 14.9 Å². The molecule has 1 aromatic heterocycles. The first-order valence-corrected chi connectivity index (χ1v) is 13.6. The molecule has 2 aliphatic rings. The fourth-order valence-corrected chi connectivity index (χ4v) is 5.18. The summed E-state index contributed by atoms with van der Waals surface area (Å²) in [5.74, 6) is -0.00467. The molecule has 2 aliphatic heterocycles. The predicted molar refractivity (Wildman–Crippen MR) is 150 cm³/mol. The molecule has 5 rings (SSSR count). The number of benzene rings is 2. The van der Waals surface area contributed by atoms with E-state index in [0.29, 0.717) is 29.8 Å². The summed E-state index contributed by atoms with van der Waals surface area (Å²) in [5, 5.41) is 14.7. The minimum absolute atomic E-state index is 0.0111. The zero-order chi connectivity index (χ0) is 27.5. The lowest BCUT2D eigenvalue weighted by Gasteiger charge is -2.27. The Morgan fingerprint density at radius 3 is 2.64 bits per heavy atom. The van der Waals surface area contributed by atoms with E-state index in [4.69, 9.17) is 9.84 Å². The van der Waals surface area contributed by atoms with E-state index in [1.165, 1.54) is 4.90 Å². The van der Waals surface area contributed by atoms with Crippen molar-refractivity contribution in [3.8, 4) is 28.8 Å². The van der Waals surface area contributed by atoms with Gasteiger partial charge in [-0.1, -0.05) is 44.4 Å². The molecule has 7 heteroatoms. The Morgan fingerprint density at radius 2 is 1.90 bits per heavy atom. The fourth-order valence-electron chi connectivity index (χ4n) is 5.18. The lowest BCUT2D eigenvalue weighted by atomic mass is 9.93. The average Bonchev–Trinajstić information content (AvgIpc) is 3.53. The Labute approximate surface area is 229 Å². The second-order valence-corrected chi connectivity index (χ2v) is 10.2. The molecular weight excluding hydrogens is 488 g/mol. The molecule has 0 aliphatic carbocycles. The van der Waals surface area contributed by atoms with E-state index in [-0.39, 0.29) is 17.6 Å². The monoisotopic (exact) mass is 520 g/mol. The number of carbonyl (C=O) groups is 2. The van der Waals surface area contributed by atoms with Crippen LogP contribution in [0.3, 0.4) is 0 Å². The van der Waals surface area contributed by atoms with Gasteiger partial charge in [0, 0.05) is 35.9 Å². The normalized spacial score (nSPS) is 17.9. The van der Waals surface area contributed by atoms with Crippen LogP contribution in [0.5, 0.6) is 5.75 Å². The number of nitrogens with zero attached hydrogens (tertiary/aromatic N) is 4. The molecule has 7 nitrogen and oxygen atoms in total. The highest BCUT2D eigenvalue weighted by atomic mass is 16.5. The molecule has 0 spiro atoms. The molecule has 0 fully saturated rings. The van der Waals surface area contributed by atoms with Gasteiger partial charge in [0.15, 0.2) is 0 Å². The first kappa shape index (κ1) is 26.2. The number of hydrogen-bond acceptors (Lipinski definition) is 5. The number of carbonyl (C=O) groups excluding carboxylic acids is 2. The molecule has 0 saturated carbocycles. The van der Waals surface area contributed by atoms with Gasteiger partial charge in [0.05, 0.1) is 11.4 Å². The van der Waals surface area contributed by atoms with Crippen molar-refractivity contribution in [3.63, 3.8) is 0 Å². The molecule has 3 heterocycles. The van der Waals surface area contributed by atoms with E-state index in [2.05, 4.69) is 13.0 Å². The summed E-state index contributed by atoms with van der Waals surface area (Å²) in [5.41, 5.74) is 5.09. The van der Waals surface area contributed by atoms with Crippen molar-refractivity contribution >= 4 is 17.9 Å². The molecule has 0 saturated heterocycles. The quantitative estimate of drug-likeness (QED) is 0.205. The number of rotatable bonds is 8. The van der Waals surface area contributed by atoms with Crippen LogP contribution in [0.2, 0.25) is 0 Å². The zero-order valence-corrected chi connectivity index (χ0v) is 22.6. The van der Waals surface area contributed by atoms with Crippen molar-refractivity contribution in [2.45, 2.75) is 59.0 Å². The lowest BCUT2D eigenvalue weighted by Crippen LogP contribution is -2.43. The Morgan fingerprint density at radius 1 is 1.10 bits per heavy atom. The number of hydrogen-bond donors (Lipinski definition) is 0. The Kier molecular flexibility index (Phi) is 7.47.